The molecule has 0 N–H and O–H groups in total. The molecule has 0 unspecified atom stereocenters. The van der Waals surface area contributed by atoms with Gasteiger partial charge in [-0.15, -0.1) is 0 Å². The lowest BCUT2D eigenvalue weighted by Gasteiger charge is -2.03. The molecule has 0 aliphatic carbocycles. The predicted octanol–water partition coefficient (Wildman–Crippen LogP) is 3.63. The maximum atomic E-state index is 4.38. The van der Waals surface area contributed by atoms with E-state index in [2.05, 4.69) is 46.8 Å². The number of nitrogens with zero attached hydrogens (tertiary/aromatic N) is 3. The highest BCUT2D eigenvalue weighted by atomic mass is 79.9. The molecule has 3 nitrogen and oxygen atoms in total. The summed E-state index contributed by atoms with van der Waals surface area (Å²) in [5, 5.41) is 0. The Morgan fingerprint density at radius 1 is 1.06 bits per heavy atom. The summed E-state index contributed by atoms with van der Waals surface area (Å²) in [7, 11) is 0. The average Bonchev–Trinajstić information content (AvgIpc) is 2.28. The minimum atomic E-state index is 0.703. The van der Waals surface area contributed by atoms with Crippen LogP contribution in [0.2, 0.25) is 0 Å². The zero-order chi connectivity index (χ0) is 11.5. The van der Waals surface area contributed by atoms with Gasteiger partial charge in [-0.3, -0.25) is 0 Å². The smallest absolute Gasteiger partial charge is 0.163 e. The van der Waals surface area contributed by atoms with Crippen molar-refractivity contribution in [2.24, 2.45) is 0 Å². The Morgan fingerprint density at radius 2 is 1.75 bits per heavy atom. The number of aryl methyl sites for hydroxylation is 1. The number of aromatic nitrogens is 3. The molecule has 1 heterocycles. The molecule has 0 saturated carbocycles. The van der Waals surface area contributed by atoms with Gasteiger partial charge in [-0.05, 0) is 18.2 Å². The molecule has 2 aromatic rings. The summed E-state index contributed by atoms with van der Waals surface area (Å²) in [5.74, 6) is 1.51. The molecule has 0 atom stereocenters. The minimum absolute atomic E-state index is 0.703. The SMILES string of the molecule is CCc1ncnc(-c2cc(Br)cc(Br)c2)n1. The van der Waals surface area contributed by atoms with Gasteiger partial charge in [0.2, 0.25) is 0 Å². The fourth-order valence-corrected chi connectivity index (χ4v) is 2.62. The Kier molecular flexibility index (Phi) is 3.66. The molecule has 0 bridgehead atoms. The van der Waals surface area contributed by atoms with Crippen molar-refractivity contribution in [1.29, 1.82) is 0 Å². The van der Waals surface area contributed by atoms with Gasteiger partial charge in [0.1, 0.15) is 12.2 Å². The Hall–Kier alpha value is -0.810. The van der Waals surface area contributed by atoms with Gasteiger partial charge in [-0.25, -0.2) is 15.0 Å². The predicted molar refractivity (Wildman–Crippen MR) is 70.0 cm³/mol. The molecular formula is C11H9Br2N3. The molecule has 0 saturated heterocycles. The third-order valence-corrected chi connectivity index (χ3v) is 2.97. The summed E-state index contributed by atoms with van der Waals surface area (Å²) in [6.07, 6.45) is 2.36. The summed E-state index contributed by atoms with van der Waals surface area (Å²) in [6, 6.07) is 5.95. The summed E-state index contributed by atoms with van der Waals surface area (Å²) in [5.41, 5.74) is 0.971. The van der Waals surface area contributed by atoms with E-state index in [1.54, 1.807) is 6.33 Å². The van der Waals surface area contributed by atoms with Gasteiger partial charge in [0.25, 0.3) is 0 Å². The maximum absolute atomic E-state index is 4.38. The van der Waals surface area contributed by atoms with Crippen LogP contribution in [-0.2, 0) is 6.42 Å². The fourth-order valence-electron chi connectivity index (χ4n) is 1.32. The second kappa shape index (κ2) is 5.01. The van der Waals surface area contributed by atoms with E-state index in [0.717, 1.165) is 26.8 Å². The zero-order valence-electron chi connectivity index (χ0n) is 8.61. The number of rotatable bonds is 2. The van der Waals surface area contributed by atoms with E-state index in [1.807, 2.05) is 25.1 Å². The van der Waals surface area contributed by atoms with Crippen LogP contribution in [0.25, 0.3) is 11.4 Å². The van der Waals surface area contributed by atoms with Gasteiger partial charge in [-0.2, -0.15) is 0 Å². The summed E-state index contributed by atoms with van der Waals surface area (Å²) >= 11 is 6.89. The van der Waals surface area contributed by atoms with Crippen LogP contribution in [0.5, 0.6) is 0 Å². The van der Waals surface area contributed by atoms with Crippen molar-refractivity contribution in [2.45, 2.75) is 13.3 Å². The van der Waals surface area contributed by atoms with Crippen molar-refractivity contribution in [3.8, 4) is 11.4 Å². The number of halogens is 2. The van der Waals surface area contributed by atoms with E-state index in [-0.39, 0.29) is 0 Å². The van der Waals surface area contributed by atoms with Crippen molar-refractivity contribution in [2.75, 3.05) is 0 Å². The molecule has 16 heavy (non-hydrogen) atoms. The van der Waals surface area contributed by atoms with Crippen molar-refractivity contribution in [3.05, 3.63) is 39.3 Å². The molecule has 82 valence electrons. The third kappa shape index (κ3) is 2.65. The molecule has 0 aliphatic rings. The summed E-state index contributed by atoms with van der Waals surface area (Å²) in [4.78, 5) is 12.6. The van der Waals surface area contributed by atoms with Crippen LogP contribution in [0.4, 0.5) is 0 Å². The van der Waals surface area contributed by atoms with Gasteiger partial charge in [0, 0.05) is 20.9 Å². The molecule has 1 aromatic heterocycles. The molecule has 0 spiro atoms. The van der Waals surface area contributed by atoms with Gasteiger partial charge < -0.3 is 0 Å². The fraction of sp³-hybridized carbons (Fsp3) is 0.182. The van der Waals surface area contributed by atoms with Crippen molar-refractivity contribution < 1.29 is 0 Å². The Balaban J connectivity index is 2.49. The summed E-state index contributed by atoms with van der Waals surface area (Å²) < 4.78 is 1.99. The number of benzene rings is 1. The van der Waals surface area contributed by atoms with Crippen LogP contribution in [0.3, 0.4) is 0 Å². The van der Waals surface area contributed by atoms with Crippen LogP contribution in [-0.4, -0.2) is 15.0 Å². The van der Waals surface area contributed by atoms with Crippen molar-refractivity contribution in [3.63, 3.8) is 0 Å². The first-order valence-electron chi connectivity index (χ1n) is 4.83. The Bertz CT molecular complexity index is 494. The lowest BCUT2D eigenvalue weighted by Crippen LogP contribution is -1.97. The molecule has 0 aliphatic heterocycles. The Labute approximate surface area is 111 Å². The molecule has 2 rings (SSSR count). The molecule has 0 fully saturated rings. The van der Waals surface area contributed by atoms with Gasteiger partial charge in [0.15, 0.2) is 5.82 Å². The van der Waals surface area contributed by atoms with Crippen LogP contribution >= 0.6 is 31.9 Å². The molecule has 1 aromatic carbocycles. The third-order valence-electron chi connectivity index (χ3n) is 2.06. The lowest BCUT2D eigenvalue weighted by atomic mass is 10.2. The van der Waals surface area contributed by atoms with E-state index >= 15 is 0 Å². The van der Waals surface area contributed by atoms with Gasteiger partial charge in [-0.1, -0.05) is 38.8 Å². The van der Waals surface area contributed by atoms with Crippen LogP contribution in [0.15, 0.2) is 33.5 Å². The van der Waals surface area contributed by atoms with E-state index in [0.29, 0.717) is 5.82 Å². The van der Waals surface area contributed by atoms with Crippen LogP contribution < -0.4 is 0 Å². The van der Waals surface area contributed by atoms with Crippen LogP contribution in [0.1, 0.15) is 12.7 Å². The van der Waals surface area contributed by atoms with Crippen LogP contribution in [0, 0.1) is 0 Å². The standard InChI is InChI=1S/C11H9Br2N3/c1-2-10-14-6-15-11(16-10)7-3-8(12)5-9(13)4-7/h3-6H,2H2,1H3. The monoisotopic (exact) mass is 341 g/mol. The van der Waals surface area contributed by atoms with Crippen molar-refractivity contribution >= 4 is 31.9 Å². The second-order valence-electron chi connectivity index (χ2n) is 3.24. The molecular weight excluding hydrogens is 334 g/mol. The van der Waals surface area contributed by atoms with E-state index in [9.17, 15) is 0 Å². The second-order valence-corrected chi connectivity index (χ2v) is 5.07. The first-order valence-corrected chi connectivity index (χ1v) is 6.42. The van der Waals surface area contributed by atoms with Gasteiger partial charge in [0.05, 0.1) is 0 Å². The summed E-state index contributed by atoms with van der Waals surface area (Å²) in [6.45, 7) is 2.02. The normalized spacial score (nSPS) is 10.4. The molecule has 5 heteroatoms. The largest absolute Gasteiger partial charge is 0.221 e. The molecule has 0 amide bonds. The number of hydrogen-bond donors (Lipinski definition) is 0. The maximum Gasteiger partial charge on any atom is 0.163 e. The highest BCUT2D eigenvalue weighted by Crippen LogP contribution is 2.25. The minimum Gasteiger partial charge on any atom is -0.221 e. The zero-order valence-corrected chi connectivity index (χ0v) is 11.8. The Morgan fingerprint density at radius 3 is 2.38 bits per heavy atom. The highest BCUT2D eigenvalue weighted by molar-refractivity contribution is 9.11. The quantitative estimate of drug-likeness (QED) is 0.836. The lowest BCUT2D eigenvalue weighted by molar-refractivity contribution is 0.903. The van der Waals surface area contributed by atoms with Crippen molar-refractivity contribution in [1.82, 2.24) is 15.0 Å². The highest BCUT2D eigenvalue weighted by Gasteiger charge is 2.04. The van der Waals surface area contributed by atoms with E-state index in [4.69, 9.17) is 0 Å². The topological polar surface area (TPSA) is 38.7 Å². The molecule has 0 radical (unpaired) electrons. The van der Waals surface area contributed by atoms with E-state index in [1.165, 1.54) is 0 Å². The number of hydrogen-bond acceptors (Lipinski definition) is 3. The van der Waals surface area contributed by atoms with E-state index < -0.39 is 0 Å². The first-order chi connectivity index (χ1) is 7.69. The average molecular weight is 343 g/mol. The van der Waals surface area contributed by atoms with Gasteiger partial charge >= 0.3 is 0 Å². The first kappa shape index (κ1) is 11.7.